The summed E-state index contributed by atoms with van der Waals surface area (Å²) in [5.74, 6) is 2.92. The largest absolute Gasteiger partial charge is 0.357 e. The van der Waals surface area contributed by atoms with Gasteiger partial charge in [-0.15, -0.1) is 0 Å². The van der Waals surface area contributed by atoms with Crippen LogP contribution >= 0.6 is 12.2 Å². The molecule has 0 spiro atoms. The van der Waals surface area contributed by atoms with Crippen molar-refractivity contribution < 1.29 is 4.79 Å². The first kappa shape index (κ1) is 18.7. The zero-order chi connectivity index (χ0) is 19.0. The first-order valence-electron chi connectivity index (χ1n) is 10.3. The second-order valence-electron chi connectivity index (χ2n) is 9.30. The van der Waals surface area contributed by atoms with E-state index in [1.807, 2.05) is 18.2 Å². The van der Waals surface area contributed by atoms with E-state index in [9.17, 15) is 4.79 Å². The van der Waals surface area contributed by atoms with Crippen molar-refractivity contribution in [2.75, 3.05) is 0 Å². The van der Waals surface area contributed by atoms with E-state index < -0.39 is 0 Å². The summed E-state index contributed by atoms with van der Waals surface area (Å²) in [6.45, 7) is 4.35. The van der Waals surface area contributed by atoms with E-state index in [1.165, 1.54) is 44.1 Å². The number of carbonyl (C=O) groups excluding carboxylic acids is 1. The van der Waals surface area contributed by atoms with Crippen LogP contribution in [0.3, 0.4) is 0 Å². The lowest BCUT2D eigenvalue weighted by molar-refractivity contribution is -0.115. The molecule has 0 radical (unpaired) electrons. The van der Waals surface area contributed by atoms with Gasteiger partial charge in [0.05, 0.1) is 0 Å². The van der Waals surface area contributed by atoms with Crippen LogP contribution in [0.25, 0.3) is 6.08 Å². The van der Waals surface area contributed by atoms with Crippen LogP contribution in [0.2, 0.25) is 0 Å². The number of amides is 1. The third kappa shape index (κ3) is 4.26. The summed E-state index contributed by atoms with van der Waals surface area (Å²) in [7, 11) is 0. The Labute approximate surface area is 168 Å². The van der Waals surface area contributed by atoms with Crippen LogP contribution in [0.1, 0.15) is 69.4 Å². The number of rotatable bonds is 4. The minimum Gasteiger partial charge on any atom is -0.357 e. The summed E-state index contributed by atoms with van der Waals surface area (Å²) in [5, 5.41) is 6.88. The molecule has 0 aliphatic heterocycles. The molecule has 4 heteroatoms. The number of hydrogen-bond acceptors (Lipinski definition) is 2. The minimum atomic E-state index is -0.162. The second-order valence-corrected chi connectivity index (χ2v) is 9.70. The molecule has 0 heterocycles. The normalized spacial score (nSPS) is 31.4. The standard InChI is InChI=1S/C23H30N2OS/c1-15(2)20-6-3-16(4-7-20)5-8-21(26)24-22(27)25-23-12-17-9-18(13-23)11-19(10-17)14-23/h3-8,15,17-19H,9-14H2,1-2H3,(H2,24,25,26,27)/b8-5+. The summed E-state index contributed by atoms with van der Waals surface area (Å²) in [5.41, 5.74) is 2.46. The Morgan fingerprint density at radius 1 is 1.07 bits per heavy atom. The van der Waals surface area contributed by atoms with Crippen LogP contribution < -0.4 is 10.6 Å². The van der Waals surface area contributed by atoms with Crippen LogP contribution in [0.15, 0.2) is 30.3 Å². The molecule has 5 rings (SSSR count). The number of hydrogen-bond donors (Lipinski definition) is 2. The lowest BCUT2D eigenvalue weighted by Gasteiger charge is -2.57. The molecule has 0 unspecified atom stereocenters. The molecule has 3 nitrogen and oxygen atoms in total. The fraction of sp³-hybridized carbons (Fsp3) is 0.565. The van der Waals surface area contributed by atoms with Gasteiger partial charge < -0.3 is 5.32 Å². The van der Waals surface area contributed by atoms with E-state index in [4.69, 9.17) is 12.2 Å². The minimum absolute atomic E-state index is 0.134. The Morgan fingerprint density at radius 3 is 2.15 bits per heavy atom. The molecule has 1 aromatic carbocycles. The molecule has 144 valence electrons. The fourth-order valence-corrected chi connectivity index (χ4v) is 6.17. The van der Waals surface area contributed by atoms with Crippen LogP contribution in [-0.2, 0) is 4.79 Å². The van der Waals surface area contributed by atoms with E-state index in [0.29, 0.717) is 11.0 Å². The molecular weight excluding hydrogens is 352 g/mol. The predicted octanol–water partition coefficient (Wildman–Crippen LogP) is 4.78. The van der Waals surface area contributed by atoms with Gasteiger partial charge in [-0.25, -0.2) is 0 Å². The lowest BCUT2D eigenvalue weighted by Crippen LogP contribution is -2.61. The van der Waals surface area contributed by atoms with Gasteiger partial charge in [-0.05, 0) is 91.6 Å². The number of thiocarbonyl (C=S) groups is 1. The van der Waals surface area contributed by atoms with E-state index in [0.717, 1.165) is 23.3 Å². The average Bonchev–Trinajstić information content (AvgIpc) is 2.58. The molecule has 0 saturated heterocycles. The van der Waals surface area contributed by atoms with E-state index in [1.54, 1.807) is 6.08 Å². The summed E-state index contributed by atoms with van der Waals surface area (Å²) < 4.78 is 0. The third-order valence-electron chi connectivity index (χ3n) is 6.68. The molecule has 4 aliphatic rings. The number of carbonyl (C=O) groups is 1. The van der Waals surface area contributed by atoms with Crippen molar-refractivity contribution in [2.24, 2.45) is 17.8 Å². The van der Waals surface area contributed by atoms with Crippen molar-refractivity contribution in [2.45, 2.75) is 63.8 Å². The van der Waals surface area contributed by atoms with Crippen molar-refractivity contribution in [3.8, 4) is 0 Å². The van der Waals surface area contributed by atoms with Crippen molar-refractivity contribution in [3.63, 3.8) is 0 Å². The van der Waals surface area contributed by atoms with Crippen molar-refractivity contribution in [1.82, 2.24) is 10.6 Å². The molecular formula is C23H30N2OS. The monoisotopic (exact) mass is 382 g/mol. The van der Waals surface area contributed by atoms with Gasteiger partial charge >= 0.3 is 0 Å². The van der Waals surface area contributed by atoms with Gasteiger partial charge in [-0.1, -0.05) is 38.1 Å². The molecule has 1 aromatic rings. The molecule has 4 aliphatic carbocycles. The maximum atomic E-state index is 12.3. The Kier molecular flexibility index (Phi) is 5.11. The van der Waals surface area contributed by atoms with Gasteiger partial charge in [0.15, 0.2) is 5.11 Å². The number of nitrogens with one attached hydrogen (secondary N) is 2. The molecule has 0 atom stereocenters. The average molecular weight is 383 g/mol. The van der Waals surface area contributed by atoms with Crippen LogP contribution in [0.5, 0.6) is 0 Å². The van der Waals surface area contributed by atoms with Crippen LogP contribution in [0.4, 0.5) is 0 Å². The molecule has 1 amide bonds. The summed E-state index contributed by atoms with van der Waals surface area (Å²) in [4.78, 5) is 12.3. The fourth-order valence-electron chi connectivity index (χ4n) is 5.85. The first-order chi connectivity index (χ1) is 12.9. The molecule has 0 aromatic heterocycles. The highest BCUT2D eigenvalue weighted by Gasteiger charge is 2.51. The van der Waals surface area contributed by atoms with Gasteiger partial charge in [0, 0.05) is 11.6 Å². The molecule has 27 heavy (non-hydrogen) atoms. The Hall–Kier alpha value is -1.68. The smallest absolute Gasteiger partial charge is 0.250 e. The summed E-state index contributed by atoms with van der Waals surface area (Å²) in [6.07, 6.45) is 11.3. The SMILES string of the molecule is CC(C)c1ccc(/C=C/C(=O)NC(=S)NC23CC4CC(CC(C4)C2)C3)cc1. The van der Waals surface area contributed by atoms with Crippen LogP contribution in [-0.4, -0.2) is 16.6 Å². The van der Waals surface area contributed by atoms with Crippen molar-refractivity contribution in [1.29, 1.82) is 0 Å². The van der Waals surface area contributed by atoms with Gasteiger partial charge in [0.1, 0.15) is 0 Å². The highest BCUT2D eigenvalue weighted by molar-refractivity contribution is 7.80. The summed E-state index contributed by atoms with van der Waals surface area (Å²) in [6, 6.07) is 8.32. The van der Waals surface area contributed by atoms with Crippen molar-refractivity contribution >= 4 is 29.3 Å². The molecule has 4 fully saturated rings. The quantitative estimate of drug-likeness (QED) is 0.581. The van der Waals surface area contributed by atoms with E-state index in [-0.39, 0.29) is 11.4 Å². The Bertz CT molecular complexity index is 715. The maximum absolute atomic E-state index is 12.3. The first-order valence-corrected chi connectivity index (χ1v) is 10.7. The highest BCUT2D eigenvalue weighted by atomic mass is 32.1. The number of benzene rings is 1. The van der Waals surface area contributed by atoms with E-state index in [2.05, 4.69) is 36.6 Å². The second kappa shape index (κ2) is 7.38. The summed E-state index contributed by atoms with van der Waals surface area (Å²) >= 11 is 5.47. The Morgan fingerprint density at radius 2 is 1.63 bits per heavy atom. The zero-order valence-corrected chi connectivity index (χ0v) is 17.1. The Balaban J connectivity index is 1.31. The predicted molar refractivity (Wildman–Crippen MR) is 114 cm³/mol. The maximum Gasteiger partial charge on any atom is 0.250 e. The molecule has 4 saturated carbocycles. The van der Waals surface area contributed by atoms with Gasteiger partial charge in [0.25, 0.3) is 0 Å². The van der Waals surface area contributed by atoms with Gasteiger partial charge in [-0.3, -0.25) is 10.1 Å². The van der Waals surface area contributed by atoms with Gasteiger partial charge in [-0.2, -0.15) is 0 Å². The lowest BCUT2D eigenvalue weighted by atomic mass is 9.53. The molecule has 4 bridgehead atoms. The van der Waals surface area contributed by atoms with E-state index >= 15 is 0 Å². The zero-order valence-electron chi connectivity index (χ0n) is 16.3. The topological polar surface area (TPSA) is 41.1 Å². The molecule has 2 N–H and O–H groups in total. The van der Waals surface area contributed by atoms with Crippen LogP contribution in [0, 0.1) is 17.8 Å². The van der Waals surface area contributed by atoms with Crippen molar-refractivity contribution in [3.05, 3.63) is 41.5 Å². The third-order valence-corrected chi connectivity index (χ3v) is 6.89. The van der Waals surface area contributed by atoms with Gasteiger partial charge in [0.2, 0.25) is 5.91 Å². The highest BCUT2D eigenvalue weighted by Crippen LogP contribution is 2.55.